The third-order valence-electron chi connectivity index (χ3n) is 3.06. The Morgan fingerprint density at radius 1 is 1.20 bits per heavy atom. The van der Waals surface area contributed by atoms with Gasteiger partial charge in [-0.05, 0) is 31.0 Å². The number of nitrogens with two attached hydrogens (primary N) is 1. The minimum atomic E-state index is 0.113. The van der Waals surface area contributed by atoms with Crippen LogP contribution in [0.2, 0.25) is 5.02 Å². The molecule has 1 aromatic carbocycles. The zero-order valence-corrected chi connectivity index (χ0v) is 13.3. The largest absolute Gasteiger partial charge is 0.383 e. The molecular weight excluding hydrogens is 276 g/mol. The summed E-state index contributed by atoms with van der Waals surface area (Å²) in [7, 11) is 3.41. The first-order valence-corrected chi connectivity index (χ1v) is 7.23. The maximum atomic E-state index is 6.15. The van der Waals surface area contributed by atoms with E-state index in [1.165, 1.54) is 5.56 Å². The van der Waals surface area contributed by atoms with E-state index < -0.39 is 0 Å². The molecule has 0 aromatic heterocycles. The van der Waals surface area contributed by atoms with Gasteiger partial charge < -0.3 is 20.1 Å². The number of benzene rings is 1. The van der Waals surface area contributed by atoms with E-state index in [2.05, 4.69) is 4.90 Å². The first kappa shape index (κ1) is 17.2. The number of nitrogens with zero attached hydrogens (tertiary/aromatic N) is 1. The fraction of sp³-hybridized carbons (Fsp3) is 0.600. The van der Waals surface area contributed by atoms with Gasteiger partial charge >= 0.3 is 0 Å². The molecule has 1 aromatic rings. The van der Waals surface area contributed by atoms with Gasteiger partial charge in [-0.2, -0.15) is 0 Å². The third-order valence-corrected chi connectivity index (χ3v) is 3.30. The van der Waals surface area contributed by atoms with Gasteiger partial charge in [-0.1, -0.05) is 17.7 Å². The van der Waals surface area contributed by atoms with Crippen LogP contribution in [0.3, 0.4) is 0 Å². The Morgan fingerprint density at radius 2 is 1.80 bits per heavy atom. The molecule has 0 bridgehead atoms. The van der Waals surface area contributed by atoms with Crippen molar-refractivity contribution in [1.82, 2.24) is 0 Å². The Balaban J connectivity index is 2.98. The number of rotatable bonds is 9. The van der Waals surface area contributed by atoms with Crippen LogP contribution in [0.4, 0.5) is 5.69 Å². The van der Waals surface area contributed by atoms with Crippen molar-refractivity contribution >= 4 is 17.3 Å². The van der Waals surface area contributed by atoms with Crippen LogP contribution in [0.15, 0.2) is 18.2 Å². The molecule has 1 rings (SSSR count). The summed E-state index contributed by atoms with van der Waals surface area (Å²) < 4.78 is 10.4. The summed E-state index contributed by atoms with van der Waals surface area (Å²) in [5.41, 5.74) is 8.25. The molecule has 20 heavy (non-hydrogen) atoms. The summed E-state index contributed by atoms with van der Waals surface area (Å²) in [6.45, 7) is 4.92. The SMILES string of the molecule is COCCN(CCOC)c1cc(Cl)ccc1CC(C)N. The van der Waals surface area contributed by atoms with Crippen molar-refractivity contribution in [3.05, 3.63) is 28.8 Å². The lowest BCUT2D eigenvalue weighted by atomic mass is 10.0. The minimum absolute atomic E-state index is 0.113. The van der Waals surface area contributed by atoms with Gasteiger partial charge in [0.15, 0.2) is 0 Å². The van der Waals surface area contributed by atoms with Crippen molar-refractivity contribution in [3.8, 4) is 0 Å². The molecule has 0 amide bonds. The van der Waals surface area contributed by atoms with E-state index in [9.17, 15) is 0 Å². The average Bonchev–Trinajstić information content (AvgIpc) is 2.41. The molecule has 2 N–H and O–H groups in total. The Bertz CT molecular complexity index is 391. The van der Waals surface area contributed by atoms with Crippen LogP contribution in [0, 0.1) is 0 Å². The molecular formula is C15H25ClN2O2. The number of methoxy groups -OCH3 is 2. The lowest BCUT2D eigenvalue weighted by molar-refractivity contribution is 0.190. The molecule has 0 saturated carbocycles. The highest BCUT2D eigenvalue weighted by Gasteiger charge is 2.13. The lowest BCUT2D eigenvalue weighted by Gasteiger charge is -2.27. The fourth-order valence-corrected chi connectivity index (χ4v) is 2.27. The molecule has 0 aliphatic carbocycles. The molecule has 0 aliphatic rings. The Hall–Kier alpha value is -0.810. The predicted molar refractivity (Wildman–Crippen MR) is 84.8 cm³/mol. The molecule has 0 fully saturated rings. The highest BCUT2D eigenvalue weighted by molar-refractivity contribution is 6.30. The molecule has 1 atom stereocenters. The second-order valence-electron chi connectivity index (χ2n) is 4.93. The Labute approximate surface area is 126 Å². The summed E-state index contributed by atoms with van der Waals surface area (Å²) in [5, 5.41) is 0.730. The summed E-state index contributed by atoms with van der Waals surface area (Å²) in [6.07, 6.45) is 0.822. The zero-order chi connectivity index (χ0) is 15.0. The number of anilines is 1. The Kier molecular flexibility index (Phi) is 7.92. The summed E-state index contributed by atoms with van der Waals surface area (Å²) >= 11 is 6.15. The van der Waals surface area contributed by atoms with Crippen LogP contribution in [-0.2, 0) is 15.9 Å². The second kappa shape index (κ2) is 9.19. The maximum Gasteiger partial charge on any atom is 0.0637 e. The predicted octanol–water partition coefficient (Wildman–Crippen LogP) is 2.33. The summed E-state index contributed by atoms with van der Waals surface area (Å²) in [5.74, 6) is 0. The quantitative estimate of drug-likeness (QED) is 0.760. The van der Waals surface area contributed by atoms with Gasteiger partial charge in [-0.3, -0.25) is 0 Å². The monoisotopic (exact) mass is 300 g/mol. The van der Waals surface area contributed by atoms with Crippen LogP contribution in [0.25, 0.3) is 0 Å². The lowest BCUT2D eigenvalue weighted by Crippen LogP contribution is -2.32. The molecule has 0 heterocycles. The number of hydrogen-bond acceptors (Lipinski definition) is 4. The van der Waals surface area contributed by atoms with Crippen LogP contribution in [-0.4, -0.2) is 46.6 Å². The molecule has 114 valence electrons. The highest BCUT2D eigenvalue weighted by atomic mass is 35.5. The normalized spacial score (nSPS) is 12.4. The van der Waals surface area contributed by atoms with E-state index >= 15 is 0 Å². The van der Waals surface area contributed by atoms with Crippen molar-refractivity contribution in [1.29, 1.82) is 0 Å². The highest BCUT2D eigenvalue weighted by Crippen LogP contribution is 2.26. The number of hydrogen-bond donors (Lipinski definition) is 1. The molecule has 0 aliphatic heterocycles. The van der Waals surface area contributed by atoms with E-state index in [0.29, 0.717) is 13.2 Å². The fourth-order valence-electron chi connectivity index (χ4n) is 2.11. The summed E-state index contributed by atoms with van der Waals surface area (Å²) in [4.78, 5) is 2.23. The third kappa shape index (κ3) is 5.67. The van der Waals surface area contributed by atoms with Gasteiger partial charge in [0.2, 0.25) is 0 Å². The molecule has 5 heteroatoms. The molecule has 0 saturated heterocycles. The van der Waals surface area contributed by atoms with Crippen molar-refractivity contribution in [2.45, 2.75) is 19.4 Å². The van der Waals surface area contributed by atoms with E-state index in [1.54, 1.807) is 14.2 Å². The zero-order valence-electron chi connectivity index (χ0n) is 12.6. The van der Waals surface area contributed by atoms with Gasteiger partial charge in [0.1, 0.15) is 0 Å². The van der Waals surface area contributed by atoms with Crippen molar-refractivity contribution in [2.24, 2.45) is 5.73 Å². The first-order chi connectivity index (χ1) is 9.58. The van der Waals surface area contributed by atoms with Gasteiger partial charge in [0, 0.05) is 44.1 Å². The molecule has 0 radical (unpaired) electrons. The molecule has 4 nitrogen and oxygen atoms in total. The minimum Gasteiger partial charge on any atom is -0.383 e. The van der Waals surface area contributed by atoms with Crippen LogP contribution in [0.1, 0.15) is 12.5 Å². The number of ether oxygens (including phenoxy) is 2. The average molecular weight is 301 g/mol. The second-order valence-corrected chi connectivity index (χ2v) is 5.36. The van der Waals surface area contributed by atoms with Crippen LogP contribution in [0.5, 0.6) is 0 Å². The topological polar surface area (TPSA) is 47.7 Å². The standard InChI is InChI=1S/C15H25ClN2O2/c1-12(17)10-13-4-5-14(16)11-15(13)18(6-8-19-2)7-9-20-3/h4-5,11-12H,6-10,17H2,1-3H3. The van der Waals surface area contributed by atoms with Gasteiger partial charge in [-0.25, -0.2) is 0 Å². The molecule has 0 spiro atoms. The van der Waals surface area contributed by atoms with Gasteiger partial charge in [0.25, 0.3) is 0 Å². The Morgan fingerprint density at radius 3 is 2.30 bits per heavy atom. The van der Waals surface area contributed by atoms with Gasteiger partial charge in [0.05, 0.1) is 13.2 Å². The van der Waals surface area contributed by atoms with Crippen LogP contribution >= 0.6 is 11.6 Å². The maximum absolute atomic E-state index is 6.15. The van der Waals surface area contributed by atoms with E-state index in [-0.39, 0.29) is 6.04 Å². The molecule has 1 unspecified atom stereocenters. The van der Waals surface area contributed by atoms with Crippen molar-refractivity contribution in [2.75, 3.05) is 45.4 Å². The van der Waals surface area contributed by atoms with E-state index in [1.807, 2.05) is 25.1 Å². The van der Waals surface area contributed by atoms with Crippen molar-refractivity contribution in [3.63, 3.8) is 0 Å². The van der Waals surface area contributed by atoms with Crippen LogP contribution < -0.4 is 10.6 Å². The number of halogens is 1. The summed E-state index contributed by atoms with van der Waals surface area (Å²) in [6, 6.07) is 6.06. The van der Waals surface area contributed by atoms with E-state index in [4.69, 9.17) is 26.8 Å². The van der Waals surface area contributed by atoms with Gasteiger partial charge in [-0.15, -0.1) is 0 Å². The van der Waals surface area contributed by atoms with Crippen molar-refractivity contribution < 1.29 is 9.47 Å². The smallest absolute Gasteiger partial charge is 0.0637 e. The first-order valence-electron chi connectivity index (χ1n) is 6.85. The van der Waals surface area contributed by atoms with E-state index in [0.717, 1.165) is 30.2 Å².